The monoisotopic (exact) mass is 729 g/mol. The van der Waals surface area contributed by atoms with Crippen LogP contribution in [-0.2, 0) is 17.9 Å². The molecule has 11 nitrogen and oxygen atoms in total. The first-order valence-corrected chi connectivity index (χ1v) is 18.0. The fourth-order valence-electron chi connectivity index (χ4n) is 6.94. The summed E-state index contributed by atoms with van der Waals surface area (Å²) >= 11 is 14.3. The zero-order valence-corrected chi connectivity index (χ0v) is 30.1. The number of hydrogen-bond donors (Lipinski definition) is 4. The molecule has 2 aliphatic rings. The van der Waals surface area contributed by atoms with Crippen molar-refractivity contribution in [1.29, 1.82) is 0 Å². The summed E-state index contributed by atoms with van der Waals surface area (Å²) in [5.74, 6) is 1.20. The number of aliphatic hydroxyl groups excluding tert-OH is 1. The molecule has 2 fully saturated rings. The maximum atomic E-state index is 11.5. The third-order valence-electron chi connectivity index (χ3n) is 9.71. The van der Waals surface area contributed by atoms with Crippen molar-refractivity contribution in [3.63, 3.8) is 0 Å². The van der Waals surface area contributed by atoms with E-state index in [1.54, 1.807) is 20.4 Å². The molecule has 4 N–H and O–H groups in total. The highest BCUT2D eigenvalue weighted by molar-refractivity contribution is 6.39. The SMILES string of the molecule is COc1nc(-c2cccc(-c3ccnc(-c4cc(OC)c5nc(CNC6CCC(O)CC6)cn5c4)c3Cl)c2Cl)ccc1CNC[C@H]1CCC(=O)N1. The lowest BCUT2D eigenvalue weighted by molar-refractivity contribution is -0.119. The Morgan fingerprint density at radius 2 is 1.75 bits per heavy atom. The van der Waals surface area contributed by atoms with Crippen LogP contribution in [0.1, 0.15) is 49.8 Å². The highest BCUT2D eigenvalue weighted by Crippen LogP contribution is 2.42. The van der Waals surface area contributed by atoms with E-state index < -0.39 is 0 Å². The molecule has 0 spiro atoms. The number of ether oxygens (including phenoxy) is 2. The third kappa shape index (κ3) is 7.68. The fraction of sp³-hybridized carbons (Fsp3) is 0.368. The van der Waals surface area contributed by atoms with Gasteiger partial charge in [0.05, 0.1) is 47.5 Å². The van der Waals surface area contributed by atoms with E-state index in [4.69, 9.17) is 42.6 Å². The molecule has 13 heteroatoms. The number of nitrogens with zero attached hydrogens (tertiary/aromatic N) is 4. The number of pyridine rings is 3. The van der Waals surface area contributed by atoms with Crippen LogP contribution >= 0.6 is 23.2 Å². The van der Waals surface area contributed by atoms with Gasteiger partial charge in [0.2, 0.25) is 11.8 Å². The second-order valence-corrected chi connectivity index (χ2v) is 13.9. The Bertz CT molecular complexity index is 2050. The average molecular weight is 731 g/mol. The number of nitrogens with one attached hydrogen (secondary N) is 3. The number of aromatic nitrogens is 4. The van der Waals surface area contributed by atoms with Crippen molar-refractivity contribution in [2.75, 3.05) is 20.8 Å². The molecule has 266 valence electrons. The summed E-state index contributed by atoms with van der Waals surface area (Å²) in [5, 5.41) is 20.8. The van der Waals surface area contributed by atoms with Gasteiger partial charge >= 0.3 is 0 Å². The maximum Gasteiger partial charge on any atom is 0.220 e. The summed E-state index contributed by atoms with van der Waals surface area (Å²) in [4.78, 5) is 25.8. The number of hydrogen-bond acceptors (Lipinski definition) is 9. The zero-order valence-electron chi connectivity index (χ0n) is 28.6. The van der Waals surface area contributed by atoms with E-state index in [1.807, 2.05) is 59.3 Å². The number of methoxy groups -OCH3 is 2. The first-order chi connectivity index (χ1) is 24.8. The number of amides is 1. The zero-order chi connectivity index (χ0) is 35.5. The third-order valence-corrected chi connectivity index (χ3v) is 10.5. The first-order valence-electron chi connectivity index (χ1n) is 17.3. The minimum atomic E-state index is -0.188. The number of halogens is 2. The van der Waals surface area contributed by atoms with Gasteiger partial charge in [0.25, 0.3) is 0 Å². The van der Waals surface area contributed by atoms with Crippen molar-refractivity contribution in [3.05, 3.63) is 82.4 Å². The largest absolute Gasteiger partial charge is 0.493 e. The summed E-state index contributed by atoms with van der Waals surface area (Å²) in [5.41, 5.74) is 6.72. The molecule has 1 saturated heterocycles. The Balaban J connectivity index is 1.13. The second-order valence-electron chi connectivity index (χ2n) is 13.1. The van der Waals surface area contributed by atoms with Gasteiger partial charge < -0.3 is 34.9 Å². The van der Waals surface area contributed by atoms with Crippen LogP contribution in [0.15, 0.2) is 61.1 Å². The number of imidazole rings is 1. The Morgan fingerprint density at radius 1 is 0.941 bits per heavy atom. The Hall–Kier alpha value is -4.26. The summed E-state index contributed by atoms with van der Waals surface area (Å²) < 4.78 is 13.4. The molecule has 1 saturated carbocycles. The molecule has 1 aliphatic heterocycles. The Kier molecular flexibility index (Phi) is 10.7. The van der Waals surface area contributed by atoms with Crippen molar-refractivity contribution in [2.45, 2.75) is 69.8 Å². The van der Waals surface area contributed by atoms with Crippen molar-refractivity contribution in [1.82, 2.24) is 35.3 Å². The Labute approximate surface area is 306 Å². The van der Waals surface area contributed by atoms with Gasteiger partial charge in [0, 0.05) is 84.5 Å². The molecule has 0 bridgehead atoms. The van der Waals surface area contributed by atoms with Crippen molar-refractivity contribution >= 4 is 34.8 Å². The molecular weight excluding hydrogens is 689 g/mol. The molecule has 4 aromatic heterocycles. The highest BCUT2D eigenvalue weighted by atomic mass is 35.5. The number of carbonyl (C=O) groups is 1. The molecule has 1 aliphatic carbocycles. The highest BCUT2D eigenvalue weighted by Gasteiger charge is 2.22. The lowest BCUT2D eigenvalue weighted by Crippen LogP contribution is -2.35. The molecule has 0 radical (unpaired) electrons. The topological polar surface area (TPSA) is 135 Å². The van der Waals surface area contributed by atoms with Gasteiger partial charge in [0.15, 0.2) is 11.4 Å². The lowest BCUT2D eigenvalue weighted by Gasteiger charge is -2.25. The van der Waals surface area contributed by atoms with E-state index in [2.05, 4.69) is 20.9 Å². The van der Waals surface area contributed by atoms with Crippen LogP contribution in [0.4, 0.5) is 0 Å². The van der Waals surface area contributed by atoms with Crippen LogP contribution in [0.2, 0.25) is 10.0 Å². The predicted molar refractivity (Wildman–Crippen MR) is 198 cm³/mol. The number of benzene rings is 1. The van der Waals surface area contributed by atoms with E-state index in [9.17, 15) is 9.90 Å². The van der Waals surface area contributed by atoms with E-state index >= 15 is 0 Å². The van der Waals surface area contributed by atoms with E-state index in [1.165, 1.54) is 0 Å². The first kappa shape index (κ1) is 35.2. The number of rotatable bonds is 12. The van der Waals surface area contributed by atoms with Crippen LogP contribution in [0.5, 0.6) is 11.6 Å². The molecule has 7 rings (SSSR count). The normalized spacial score (nSPS) is 19.0. The molecular formula is C38H41Cl2N7O4. The van der Waals surface area contributed by atoms with Gasteiger partial charge in [0.1, 0.15) is 0 Å². The number of aliphatic hydroxyl groups is 1. The molecule has 1 aromatic carbocycles. The summed E-state index contributed by atoms with van der Waals surface area (Å²) in [6.45, 7) is 1.84. The van der Waals surface area contributed by atoms with Crippen LogP contribution < -0.4 is 25.4 Å². The summed E-state index contributed by atoms with van der Waals surface area (Å²) in [7, 11) is 3.22. The number of carbonyl (C=O) groups excluding carboxylic acids is 1. The minimum absolute atomic E-state index is 0.0979. The van der Waals surface area contributed by atoms with Gasteiger partial charge in [-0.15, -0.1) is 0 Å². The van der Waals surface area contributed by atoms with E-state index in [-0.39, 0.29) is 18.1 Å². The van der Waals surface area contributed by atoms with Crippen LogP contribution in [0, 0.1) is 0 Å². The van der Waals surface area contributed by atoms with Gasteiger partial charge in [-0.3, -0.25) is 9.78 Å². The molecule has 1 atom stereocenters. The molecule has 51 heavy (non-hydrogen) atoms. The molecule has 5 aromatic rings. The quantitative estimate of drug-likeness (QED) is 0.118. The molecule has 0 unspecified atom stereocenters. The van der Waals surface area contributed by atoms with Gasteiger partial charge in [-0.25, -0.2) is 9.97 Å². The van der Waals surface area contributed by atoms with Crippen LogP contribution in [0.25, 0.3) is 39.3 Å². The van der Waals surface area contributed by atoms with E-state index in [0.29, 0.717) is 70.8 Å². The van der Waals surface area contributed by atoms with Gasteiger partial charge in [-0.2, -0.15) is 0 Å². The summed E-state index contributed by atoms with van der Waals surface area (Å²) in [6.07, 6.45) is 10.4. The van der Waals surface area contributed by atoms with Crippen molar-refractivity contribution in [2.24, 2.45) is 0 Å². The Morgan fingerprint density at radius 3 is 2.51 bits per heavy atom. The maximum absolute atomic E-state index is 11.5. The van der Waals surface area contributed by atoms with Gasteiger partial charge in [-0.1, -0.05) is 47.5 Å². The molecule has 5 heterocycles. The minimum Gasteiger partial charge on any atom is -0.493 e. The van der Waals surface area contributed by atoms with E-state index in [0.717, 1.165) is 65.6 Å². The smallest absolute Gasteiger partial charge is 0.220 e. The molecule has 1 amide bonds. The fourth-order valence-corrected chi connectivity index (χ4v) is 7.59. The standard InChI is InChI=1S/C38H41Cl2N7O4/c1-50-32-16-23(20-47-21-26(45-37(32)47)19-43-24-7-10-27(48)11-8-24)36-35(40)29(14-15-42-36)28-4-3-5-30(34(28)39)31-12-6-22(38(46-31)51-2)17-41-18-25-9-13-33(49)44-25/h3-6,12,14-16,20-21,24-25,27,41,43,48H,7-11,13,17-19H2,1-2H3,(H,44,49)/t24?,25-,27?/m1/s1. The summed E-state index contributed by atoms with van der Waals surface area (Å²) in [6, 6.07) is 13.9. The average Bonchev–Trinajstić information content (AvgIpc) is 3.76. The van der Waals surface area contributed by atoms with Crippen LogP contribution in [0.3, 0.4) is 0 Å². The number of fused-ring (bicyclic) bond motifs is 1. The van der Waals surface area contributed by atoms with Crippen LogP contribution in [-0.4, -0.2) is 69.3 Å². The predicted octanol–water partition coefficient (Wildman–Crippen LogP) is 6.21. The van der Waals surface area contributed by atoms with Crippen molar-refractivity contribution < 1.29 is 19.4 Å². The van der Waals surface area contributed by atoms with Gasteiger partial charge in [-0.05, 0) is 50.3 Å². The van der Waals surface area contributed by atoms with Crippen molar-refractivity contribution in [3.8, 4) is 45.3 Å². The second kappa shape index (κ2) is 15.5. The lowest BCUT2D eigenvalue weighted by atomic mass is 9.93.